The van der Waals surface area contributed by atoms with Crippen LogP contribution in [0.5, 0.6) is 5.75 Å². The summed E-state index contributed by atoms with van der Waals surface area (Å²) in [5.41, 5.74) is 2.29. The van der Waals surface area contributed by atoms with Gasteiger partial charge in [-0.1, -0.05) is 15.9 Å². The maximum Gasteiger partial charge on any atom is 0.211 e. The SMILES string of the molecule is Cc1cc(OCC2CCCN(S(C)(=O)=O)C2)cc(C)c1Br. The summed E-state index contributed by atoms with van der Waals surface area (Å²) in [7, 11) is -3.09. The van der Waals surface area contributed by atoms with Crippen molar-refractivity contribution in [3.8, 4) is 5.75 Å². The molecule has 1 atom stereocenters. The summed E-state index contributed by atoms with van der Waals surface area (Å²) in [6, 6.07) is 4.02. The Hall–Kier alpha value is -0.590. The second-order valence-electron chi connectivity index (χ2n) is 5.81. The predicted octanol–water partition coefficient (Wildman–Crippen LogP) is 3.12. The molecular formula is C15H22BrNO3S. The lowest BCUT2D eigenvalue weighted by Gasteiger charge is -2.30. The second-order valence-corrected chi connectivity index (χ2v) is 8.59. The van der Waals surface area contributed by atoms with Crippen LogP contribution in [-0.4, -0.2) is 38.7 Å². The molecule has 0 spiro atoms. The van der Waals surface area contributed by atoms with Crippen molar-refractivity contribution in [3.05, 3.63) is 27.7 Å². The van der Waals surface area contributed by atoms with Crippen molar-refractivity contribution in [1.82, 2.24) is 4.31 Å². The van der Waals surface area contributed by atoms with Crippen LogP contribution in [0.2, 0.25) is 0 Å². The first-order valence-electron chi connectivity index (χ1n) is 7.12. The molecule has 118 valence electrons. The Balaban J connectivity index is 1.97. The van der Waals surface area contributed by atoms with Gasteiger partial charge in [-0.3, -0.25) is 0 Å². The number of halogens is 1. The summed E-state index contributed by atoms with van der Waals surface area (Å²) < 4.78 is 31.8. The van der Waals surface area contributed by atoms with Gasteiger partial charge >= 0.3 is 0 Å². The van der Waals surface area contributed by atoms with Crippen molar-refractivity contribution in [2.24, 2.45) is 5.92 Å². The number of ether oxygens (including phenoxy) is 1. The molecule has 0 radical (unpaired) electrons. The molecule has 0 amide bonds. The first-order chi connectivity index (χ1) is 9.77. The number of hydrogen-bond acceptors (Lipinski definition) is 3. The van der Waals surface area contributed by atoms with Gasteiger partial charge in [0.05, 0.1) is 12.9 Å². The number of rotatable bonds is 4. The van der Waals surface area contributed by atoms with Crippen molar-refractivity contribution in [1.29, 1.82) is 0 Å². The zero-order valence-corrected chi connectivity index (χ0v) is 15.1. The van der Waals surface area contributed by atoms with E-state index < -0.39 is 10.0 Å². The molecule has 0 aromatic heterocycles. The van der Waals surface area contributed by atoms with Crippen LogP contribution in [0.3, 0.4) is 0 Å². The molecule has 1 saturated heterocycles. The standard InChI is InChI=1S/C15H22BrNO3S/c1-11-7-14(8-12(2)15(11)16)20-10-13-5-4-6-17(9-13)21(3,18)19/h7-8,13H,4-6,9-10H2,1-3H3. The molecule has 0 saturated carbocycles. The summed E-state index contributed by atoms with van der Waals surface area (Å²) in [4.78, 5) is 0. The number of nitrogens with zero attached hydrogens (tertiary/aromatic N) is 1. The van der Waals surface area contributed by atoms with Crippen LogP contribution in [0.15, 0.2) is 16.6 Å². The molecule has 1 heterocycles. The number of piperidine rings is 1. The summed E-state index contributed by atoms with van der Waals surface area (Å²) in [6.45, 7) is 5.83. The summed E-state index contributed by atoms with van der Waals surface area (Å²) >= 11 is 3.54. The van der Waals surface area contributed by atoms with Crippen molar-refractivity contribution in [3.63, 3.8) is 0 Å². The lowest BCUT2D eigenvalue weighted by Crippen LogP contribution is -2.40. The van der Waals surface area contributed by atoms with Gasteiger partial charge < -0.3 is 4.74 Å². The van der Waals surface area contributed by atoms with Crippen LogP contribution >= 0.6 is 15.9 Å². The van der Waals surface area contributed by atoms with Gasteiger partial charge in [0.15, 0.2) is 0 Å². The zero-order valence-electron chi connectivity index (χ0n) is 12.7. The van der Waals surface area contributed by atoms with E-state index in [1.54, 1.807) is 4.31 Å². The zero-order chi connectivity index (χ0) is 15.6. The quantitative estimate of drug-likeness (QED) is 0.811. The van der Waals surface area contributed by atoms with E-state index in [1.807, 2.05) is 26.0 Å². The van der Waals surface area contributed by atoms with E-state index in [-0.39, 0.29) is 5.92 Å². The Kier molecular flexibility index (Phi) is 5.33. The van der Waals surface area contributed by atoms with Gasteiger partial charge in [0.2, 0.25) is 10.0 Å². The first-order valence-corrected chi connectivity index (χ1v) is 9.76. The molecule has 0 aliphatic carbocycles. The van der Waals surface area contributed by atoms with Gasteiger partial charge in [0.25, 0.3) is 0 Å². The van der Waals surface area contributed by atoms with Gasteiger partial charge in [0.1, 0.15) is 5.75 Å². The average Bonchev–Trinajstić information content (AvgIpc) is 2.42. The summed E-state index contributed by atoms with van der Waals surface area (Å²) in [5.74, 6) is 1.11. The van der Waals surface area contributed by atoms with E-state index in [4.69, 9.17) is 4.74 Å². The van der Waals surface area contributed by atoms with Crippen LogP contribution in [-0.2, 0) is 10.0 Å². The van der Waals surface area contributed by atoms with Crippen LogP contribution < -0.4 is 4.74 Å². The van der Waals surface area contributed by atoms with Crippen molar-refractivity contribution in [2.75, 3.05) is 26.0 Å². The van der Waals surface area contributed by atoms with Gasteiger partial charge in [-0.25, -0.2) is 12.7 Å². The highest BCUT2D eigenvalue weighted by molar-refractivity contribution is 9.10. The maximum absolute atomic E-state index is 11.6. The highest BCUT2D eigenvalue weighted by atomic mass is 79.9. The molecule has 1 fully saturated rings. The van der Waals surface area contributed by atoms with Crippen molar-refractivity contribution < 1.29 is 13.2 Å². The fourth-order valence-corrected chi connectivity index (χ4v) is 3.84. The smallest absolute Gasteiger partial charge is 0.211 e. The molecule has 21 heavy (non-hydrogen) atoms. The molecule has 0 bridgehead atoms. The third-order valence-corrected chi connectivity index (χ3v) is 6.37. The van der Waals surface area contributed by atoms with E-state index in [0.717, 1.165) is 34.2 Å². The second kappa shape index (κ2) is 6.67. The van der Waals surface area contributed by atoms with Crippen molar-refractivity contribution >= 4 is 26.0 Å². The molecule has 6 heteroatoms. The highest BCUT2D eigenvalue weighted by Gasteiger charge is 2.26. The number of sulfonamides is 1. The summed E-state index contributed by atoms with van der Waals surface area (Å²) in [5, 5.41) is 0. The Bertz CT molecular complexity index is 592. The van der Waals surface area contributed by atoms with Gasteiger partial charge in [-0.05, 0) is 49.9 Å². The molecule has 2 rings (SSSR count). The predicted molar refractivity (Wildman–Crippen MR) is 88.3 cm³/mol. The van der Waals surface area contributed by atoms with E-state index in [9.17, 15) is 8.42 Å². The number of aryl methyl sites for hydroxylation is 2. The maximum atomic E-state index is 11.6. The average molecular weight is 376 g/mol. The molecule has 0 N–H and O–H groups in total. The first kappa shape index (κ1) is 16.8. The molecular weight excluding hydrogens is 354 g/mol. The minimum absolute atomic E-state index is 0.262. The van der Waals surface area contributed by atoms with E-state index in [0.29, 0.717) is 19.7 Å². The molecule has 1 aromatic carbocycles. The van der Waals surface area contributed by atoms with Crippen molar-refractivity contribution in [2.45, 2.75) is 26.7 Å². The fraction of sp³-hybridized carbons (Fsp3) is 0.600. The van der Waals surface area contributed by atoms with Crippen LogP contribution in [0.4, 0.5) is 0 Å². The minimum Gasteiger partial charge on any atom is -0.493 e. The number of hydrogen-bond donors (Lipinski definition) is 0. The van der Waals surface area contributed by atoms with E-state index in [1.165, 1.54) is 6.26 Å². The fourth-order valence-electron chi connectivity index (χ4n) is 2.67. The normalized spacial score (nSPS) is 20.5. The Labute approximate surface area is 135 Å². The van der Waals surface area contributed by atoms with E-state index in [2.05, 4.69) is 15.9 Å². The third kappa shape index (κ3) is 4.44. The largest absolute Gasteiger partial charge is 0.493 e. The summed E-state index contributed by atoms with van der Waals surface area (Å²) in [6.07, 6.45) is 3.19. The van der Waals surface area contributed by atoms with Crippen LogP contribution in [0.25, 0.3) is 0 Å². The van der Waals surface area contributed by atoms with Gasteiger partial charge in [-0.15, -0.1) is 0 Å². The topological polar surface area (TPSA) is 46.6 Å². The Morgan fingerprint density at radius 3 is 2.52 bits per heavy atom. The van der Waals surface area contributed by atoms with Gasteiger partial charge in [0, 0.05) is 23.5 Å². The van der Waals surface area contributed by atoms with Gasteiger partial charge in [-0.2, -0.15) is 0 Å². The van der Waals surface area contributed by atoms with E-state index >= 15 is 0 Å². The molecule has 1 aromatic rings. The third-order valence-electron chi connectivity index (χ3n) is 3.85. The minimum atomic E-state index is -3.09. The van der Waals surface area contributed by atoms with Crippen LogP contribution in [0.1, 0.15) is 24.0 Å². The molecule has 1 unspecified atom stereocenters. The lowest BCUT2D eigenvalue weighted by atomic mass is 10.0. The Morgan fingerprint density at radius 2 is 1.95 bits per heavy atom. The van der Waals surface area contributed by atoms with Crippen LogP contribution in [0, 0.1) is 19.8 Å². The molecule has 1 aliphatic heterocycles. The highest BCUT2D eigenvalue weighted by Crippen LogP contribution is 2.27. The molecule has 4 nitrogen and oxygen atoms in total. The Morgan fingerprint density at radius 1 is 1.33 bits per heavy atom. The molecule has 1 aliphatic rings. The monoisotopic (exact) mass is 375 g/mol. The number of benzene rings is 1. The lowest BCUT2D eigenvalue weighted by molar-refractivity contribution is 0.180.